The molecular formula is C24H28ClFN6O5S. The van der Waals surface area contributed by atoms with Gasteiger partial charge in [0.2, 0.25) is 5.91 Å². The molecule has 0 unspecified atom stereocenters. The summed E-state index contributed by atoms with van der Waals surface area (Å²) in [6.07, 6.45) is 1.04. The number of halogens is 2. The zero-order valence-corrected chi connectivity index (χ0v) is 22.5. The molecule has 1 saturated heterocycles. The summed E-state index contributed by atoms with van der Waals surface area (Å²) in [4.78, 5) is 59.9. The van der Waals surface area contributed by atoms with Crippen molar-refractivity contribution in [3.63, 3.8) is 0 Å². The van der Waals surface area contributed by atoms with Crippen LogP contribution in [0.1, 0.15) is 26.8 Å². The number of thiazole rings is 1. The van der Waals surface area contributed by atoms with Gasteiger partial charge in [-0.15, -0.1) is 11.3 Å². The number of piperidine rings is 1. The van der Waals surface area contributed by atoms with Gasteiger partial charge in [-0.05, 0) is 31.7 Å². The van der Waals surface area contributed by atoms with E-state index in [2.05, 4.69) is 25.8 Å². The minimum Gasteiger partial charge on any atom is -0.375 e. The zero-order chi connectivity index (χ0) is 27.4. The number of rotatable bonds is 6. The van der Waals surface area contributed by atoms with Crippen molar-refractivity contribution in [2.45, 2.75) is 31.5 Å². The summed E-state index contributed by atoms with van der Waals surface area (Å²) in [6, 6.07) is 2.29. The number of ether oxygens (including phenoxy) is 1. The van der Waals surface area contributed by atoms with E-state index < -0.39 is 35.6 Å². The van der Waals surface area contributed by atoms with Crippen LogP contribution >= 0.6 is 22.9 Å². The number of hydrogen-bond donors (Lipinski definition) is 3. The fourth-order valence-electron chi connectivity index (χ4n) is 4.36. The van der Waals surface area contributed by atoms with Crippen molar-refractivity contribution in [1.29, 1.82) is 0 Å². The Morgan fingerprint density at radius 3 is 2.71 bits per heavy atom. The molecule has 0 bridgehead atoms. The lowest BCUT2D eigenvalue weighted by Crippen LogP contribution is -2.62. The molecule has 2 aromatic rings. The molecule has 0 radical (unpaired) electrons. The Bertz CT molecular complexity index is 1240. The maximum Gasteiger partial charge on any atom is 0.313 e. The summed E-state index contributed by atoms with van der Waals surface area (Å²) in [5, 5.41) is 8.04. The maximum atomic E-state index is 13.7. The Kier molecular flexibility index (Phi) is 8.92. The van der Waals surface area contributed by atoms with E-state index in [-0.39, 0.29) is 36.2 Å². The third-order valence-electron chi connectivity index (χ3n) is 6.37. The Morgan fingerprint density at radius 2 is 1.97 bits per heavy atom. The molecule has 3 heterocycles. The van der Waals surface area contributed by atoms with Crippen molar-refractivity contribution >= 4 is 52.3 Å². The average Bonchev–Trinajstić information content (AvgIpc) is 3.30. The summed E-state index contributed by atoms with van der Waals surface area (Å²) in [5.41, 5.74) is 0.967. The van der Waals surface area contributed by atoms with E-state index in [1.54, 1.807) is 0 Å². The maximum absolute atomic E-state index is 13.7. The molecule has 3 N–H and O–H groups in total. The third kappa shape index (κ3) is 6.65. The number of nitrogens with zero attached hydrogens (tertiary/aromatic N) is 3. The Morgan fingerprint density at radius 1 is 1.18 bits per heavy atom. The first kappa shape index (κ1) is 27.9. The molecule has 11 nitrogen and oxygen atoms in total. The van der Waals surface area contributed by atoms with Gasteiger partial charge in [0.05, 0.1) is 22.8 Å². The monoisotopic (exact) mass is 566 g/mol. The summed E-state index contributed by atoms with van der Waals surface area (Å²) >= 11 is 6.97. The van der Waals surface area contributed by atoms with Crippen LogP contribution in [0.5, 0.6) is 0 Å². The van der Waals surface area contributed by atoms with Crippen molar-refractivity contribution in [1.82, 2.24) is 25.4 Å². The van der Waals surface area contributed by atoms with E-state index >= 15 is 0 Å². The molecule has 0 saturated carbocycles. The van der Waals surface area contributed by atoms with E-state index in [0.717, 1.165) is 29.6 Å². The summed E-state index contributed by atoms with van der Waals surface area (Å²) < 4.78 is 18.6. The molecule has 0 spiro atoms. The predicted octanol–water partition coefficient (Wildman–Crippen LogP) is 1.02. The van der Waals surface area contributed by atoms with E-state index in [9.17, 15) is 23.6 Å². The number of nitrogens with one attached hydrogen (secondary N) is 3. The fraction of sp³-hybridized carbons (Fsp3) is 0.458. The van der Waals surface area contributed by atoms with Gasteiger partial charge in [0.1, 0.15) is 12.4 Å². The van der Waals surface area contributed by atoms with Gasteiger partial charge < -0.3 is 30.5 Å². The van der Waals surface area contributed by atoms with Crippen LogP contribution in [-0.4, -0.2) is 90.9 Å². The Labute approximate surface area is 227 Å². The first-order valence-corrected chi connectivity index (χ1v) is 13.2. The van der Waals surface area contributed by atoms with Gasteiger partial charge in [-0.3, -0.25) is 19.2 Å². The van der Waals surface area contributed by atoms with E-state index in [0.29, 0.717) is 18.1 Å². The predicted molar refractivity (Wildman–Crippen MR) is 138 cm³/mol. The molecule has 2 aliphatic heterocycles. The van der Waals surface area contributed by atoms with Crippen LogP contribution < -0.4 is 16.0 Å². The van der Waals surface area contributed by atoms with Gasteiger partial charge in [-0.2, -0.15) is 0 Å². The molecule has 2 aliphatic rings. The molecule has 4 amide bonds. The lowest BCUT2D eigenvalue weighted by atomic mass is 9.98. The molecule has 1 fully saturated rings. The minimum atomic E-state index is -1.01. The minimum absolute atomic E-state index is 0.0651. The van der Waals surface area contributed by atoms with Crippen molar-refractivity contribution < 1.29 is 28.3 Å². The molecule has 4 rings (SSSR count). The highest BCUT2D eigenvalue weighted by Crippen LogP contribution is 2.25. The number of carbonyl (C=O) groups excluding carboxylic acids is 4. The third-order valence-corrected chi connectivity index (χ3v) is 7.75. The normalized spacial score (nSPS) is 19.4. The highest BCUT2D eigenvalue weighted by atomic mass is 35.5. The van der Waals surface area contributed by atoms with Crippen LogP contribution in [0.15, 0.2) is 18.2 Å². The summed E-state index contributed by atoms with van der Waals surface area (Å²) in [6.45, 7) is 1.85. The number of amides is 4. The highest BCUT2D eigenvalue weighted by Gasteiger charge is 2.35. The standard InChI is InChI=1S/C24H28ClFN6O5S/c1-31-7-5-17-19(11-31)38-24(30-17)23(36)29-18-10-32(20(33)12-37-2)8-6-16(18)28-22(35)21(34)27-13-3-4-14(25)15(26)9-13/h3-4,9,16,18H,5-8,10-12H2,1-2H3,(H,27,34)(H,28,35)(H,29,36)/t16-,18+/m0/s1. The number of aromatic nitrogens is 1. The highest BCUT2D eigenvalue weighted by molar-refractivity contribution is 7.13. The van der Waals surface area contributed by atoms with Crippen molar-refractivity contribution in [2.75, 3.05) is 45.7 Å². The molecule has 204 valence electrons. The number of anilines is 1. The van der Waals surface area contributed by atoms with Gasteiger partial charge in [0.25, 0.3) is 5.91 Å². The first-order chi connectivity index (χ1) is 18.1. The lowest BCUT2D eigenvalue weighted by molar-refractivity contribution is -0.138. The van der Waals surface area contributed by atoms with E-state index in [4.69, 9.17) is 16.3 Å². The summed E-state index contributed by atoms with van der Waals surface area (Å²) in [7, 11) is 3.42. The summed E-state index contributed by atoms with van der Waals surface area (Å²) in [5.74, 6) is -3.39. The molecule has 1 aromatic carbocycles. The van der Waals surface area contributed by atoms with E-state index in [1.807, 2.05) is 7.05 Å². The second-order valence-corrected chi connectivity index (χ2v) is 10.7. The number of methoxy groups -OCH3 is 1. The van der Waals surface area contributed by atoms with Crippen molar-refractivity contribution in [2.24, 2.45) is 0 Å². The number of carbonyl (C=O) groups is 4. The average molecular weight is 567 g/mol. The number of likely N-dealkylation sites (N-methyl/N-ethyl adjacent to an activating group) is 1. The van der Waals surface area contributed by atoms with Gasteiger partial charge >= 0.3 is 11.8 Å². The first-order valence-electron chi connectivity index (χ1n) is 12.0. The number of likely N-dealkylation sites (tertiary alicyclic amines) is 1. The molecular weight excluding hydrogens is 539 g/mol. The second kappa shape index (κ2) is 12.2. The lowest BCUT2D eigenvalue weighted by Gasteiger charge is -2.39. The largest absolute Gasteiger partial charge is 0.375 e. The number of fused-ring (bicyclic) bond motifs is 1. The van der Waals surface area contributed by atoms with Crippen LogP contribution in [0, 0.1) is 5.82 Å². The Hall–Kier alpha value is -3.13. The second-order valence-electron chi connectivity index (χ2n) is 9.18. The molecule has 0 aliphatic carbocycles. The Balaban J connectivity index is 1.45. The van der Waals surface area contributed by atoms with Gasteiger partial charge in [0.15, 0.2) is 5.01 Å². The smallest absolute Gasteiger partial charge is 0.313 e. The SMILES string of the molecule is COCC(=O)N1CC[C@H](NC(=O)C(=O)Nc2ccc(Cl)c(F)c2)[C@H](NC(=O)c2nc3c(s2)CN(C)CC3)C1. The van der Waals surface area contributed by atoms with Gasteiger partial charge in [-0.25, -0.2) is 9.37 Å². The fourth-order valence-corrected chi connectivity index (χ4v) is 5.57. The van der Waals surface area contributed by atoms with Gasteiger partial charge in [-0.1, -0.05) is 11.6 Å². The number of benzene rings is 1. The van der Waals surface area contributed by atoms with Gasteiger partial charge in [0, 0.05) is 50.3 Å². The molecule has 14 heteroatoms. The number of hydrogen-bond acceptors (Lipinski definition) is 8. The zero-order valence-electron chi connectivity index (χ0n) is 20.9. The van der Waals surface area contributed by atoms with Crippen LogP contribution in [0.25, 0.3) is 0 Å². The molecule has 1 aromatic heterocycles. The van der Waals surface area contributed by atoms with Crippen LogP contribution in [0.2, 0.25) is 5.02 Å². The van der Waals surface area contributed by atoms with Crippen LogP contribution in [0.4, 0.5) is 10.1 Å². The quantitative estimate of drug-likeness (QED) is 0.445. The van der Waals surface area contributed by atoms with Crippen molar-refractivity contribution in [3.05, 3.63) is 44.6 Å². The topological polar surface area (TPSA) is 133 Å². The molecule has 2 atom stereocenters. The molecule has 38 heavy (non-hydrogen) atoms. The van der Waals surface area contributed by atoms with Crippen molar-refractivity contribution in [3.8, 4) is 0 Å². The van der Waals surface area contributed by atoms with Crippen LogP contribution in [-0.2, 0) is 32.1 Å². The van der Waals surface area contributed by atoms with Crippen LogP contribution in [0.3, 0.4) is 0 Å². The van der Waals surface area contributed by atoms with E-state index in [1.165, 1.54) is 35.5 Å².